The predicted octanol–water partition coefficient (Wildman–Crippen LogP) is 2.45. The van der Waals surface area contributed by atoms with E-state index in [1.54, 1.807) is 0 Å². The van der Waals surface area contributed by atoms with Gasteiger partial charge in [-0.3, -0.25) is 0 Å². The van der Waals surface area contributed by atoms with Crippen LogP contribution in [0, 0.1) is 11.8 Å². The SMILES string of the molecule is CC(C)C1CN(CC2CCSCC2)CCCN1. The smallest absolute Gasteiger partial charge is 0.0217 e. The van der Waals surface area contributed by atoms with Gasteiger partial charge in [0.15, 0.2) is 0 Å². The quantitative estimate of drug-likeness (QED) is 0.835. The van der Waals surface area contributed by atoms with Crippen molar-refractivity contribution in [3.05, 3.63) is 0 Å². The molecule has 0 aromatic heterocycles. The van der Waals surface area contributed by atoms with Crippen molar-refractivity contribution < 1.29 is 0 Å². The Morgan fingerprint density at radius 1 is 1.29 bits per heavy atom. The Kier molecular flexibility index (Phi) is 5.64. The maximum Gasteiger partial charge on any atom is 0.0217 e. The van der Waals surface area contributed by atoms with E-state index in [0.717, 1.165) is 11.8 Å². The Hall–Kier alpha value is 0.270. The van der Waals surface area contributed by atoms with Crippen LogP contribution in [-0.4, -0.2) is 48.6 Å². The summed E-state index contributed by atoms with van der Waals surface area (Å²) in [5, 5.41) is 3.70. The lowest BCUT2D eigenvalue weighted by molar-refractivity contribution is 0.206. The minimum absolute atomic E-state index is 0.704. The van der Waals surface area contributed by atoms with Gasteiger partial charge in [0.25, 0.3) is 0 Å². The van der Waals surface area contributed by atoms with Crippen LogP contribution in [0.4, 0.5) is 0 Å². The zero-order valence-electron chi connectivity index (χ0n) is 11.5. The van der Waals surface area contributed by atoms with Gasteiger partial charge in [-0.05, 0) is 55.7 Å². The fraction of sp³-hybridized carbons (Fsp3) is 1.00. The molecule has 0 bridgehead atoms. The zero-order chi connectivity index (χ0) is 12.1. The lowest BCUT2D eigenvalue weighted by Crippen LogP contribution is -2.42. The number of rotatable bonds is 3. The molecule has 0 amide bonds. The number of hydrogen-bond acceptors (Lipinski definition) is 3. The average Bonchev–Trinajstić information content (AvgIpc) is 2.56. The zero-order valence-corrected chi connectivity index (χ0v) is 12.3. The van der Waals surface area contributed by atoms with Gasteiger partial charge >= 0.3 is 0 Å². The predicted molar refractivity (Wildman–Crippen MR) is 77.7 cm³/mol. The molecule has 1 N–H and O–H groups in total. The fourth-order valence-corrected chi connectivity index (χ4v) is 4.13. The van der Waals surface area contributed by atoms with Crippen molar-refractivity contribution in [3.63, 3.8) is 0 Å². The van der Waals surface area contributed by atoms with E-state index in [2.05, 4.69) is 35.8 Å². The summed E-state index contributed by atoms with van der Waals surface area (Å²) in [5.74, 6) is 4.52. The first-order chi connectivity index (χ1) is 8.25. The monoisotopic (exact) mass is 256 g/mol. The lowest BCUT2D eigenvalue weighted by Gasteiger charge is -2.31. The molecular formula is C14H28N2S. The molecule has 0 radical (unpaired) electrons. The molecule has 17 heavy (non-hydrogen) atoms. The van der Waals surface area contributed by atoms with E-state index in [1.807, 2.05) is 0 Å². The van der Waals surface area contributed by atoms with E-state index in [9.17, 15) is 0 Å². The molecule has 2 nitrogen and oxygen atoms in total. The number of hydrogen-bond donors (Lipinski definition) is 1. The van der Waals surface area contributed by atoms with Crippen LogP contribution in [0.25, 0.3) is 0 Å². The number of nitrogens with one attached hydrogen (secondary N) is 1. The minimum atomic E-state index is 0.704. The second-order valence-corrected chi connectivity index (χ2v) is 7.20. The van der Waals surface area contributed by atoms with E-state index < -0.39 is 0 Å². The van der Waals surface area contributed by atoms with Crippen LogP contribution in [0.2, 0.25) is 0 Å². The molecule has 2 aliphatic rings. The Bertz CT molecular complexity index is 214. The molecular weight excluding hydrogens is 228 g/mol. The molecule has 2 saturated heterocycles. The molecule has 0 saturated carbocycles. The largest absolute Gasteiger partial charge is 0.312 e. The van der Waals surface area contributed by atoms with Crippen LogP contribution in [0.1, 0.15) is 33.1 Å². The van der Waals surface area contributed by atoms with Crippen LogP contribution in [0.3, 0.4) is 0 Å². The summed E-state index contributed by atoms with van der Waals surface area (Å²) in [6.07, 6.45) is 4.21. The molecule has 2 heterocycles. The highest BCUT2D eigenvalue weighted by Crippen LogP contribution is 2.24. The first-order valence-electron chi connectivity index (χ1n) is 7.29. The molecule has 3 heteroatoms. The van der Waals surface area contributed by atoms with Crippen molar-refractivity contribution in [2.75, 3.05) is 37.7 Å². The summed E-state index contributed by atoms with van der Waals surface area (Å²) >= 11 is 2.14. The molecule has 1 atom stereocenters. The molecule has 2 aliphatic heterocycles. The summed E-state index contributed by atoms with van der Waals surface area (Å²) in [6, 6.07) is 0.704. The normalized spacial score (nSPS) is 29.5. The van der Waals surface area contributed by atoms with Crippen molar-refractivity contribution in [1.29, 1.82) is 0 Å². The van der Waals surface area contributed by atoms with Crippen LogP contribution in [0.5, 0.6) is 0 Å². The second kappa shape index (κ2) is 7.01. The van der Waals surface area contributed by atoms with Crippen molar-refractivity contribution in [1.82, 2.24) is 10.2 Å². The molecule has 0 spiro atoms. The van der Waals surface area contributed by atoms with Gasteiger partial charge in [-0.1, -0.05) is 13.8 Å². The lowest BCUT2D eigenvalue weighted by atomic mass is 10.0. The topological polar surface area (TPSA) is 15.3 Å². The Balaban J connectivity index is 1.81. The standard InChI is InChI=1S/C14H28N2S/c1-12(2)14-11-16(7-3-6-15-14)10-13-4-8-17-9-5-13/h12-15H,3-11H2,1-2H3. The molecule has 0 aromatic carbocycles. The highest BCUT2D eigenvalue weighted by Gasteiger charge is 2.23. The first kappa shape index (κ1) is 13.7. The van der Waals surface area contributed by atoms with Crippen molar-refractivity contribution >= 4 is 11.8 Å². The highest BCUT2D eigenvalue weighted by atomic mass is 32.2. The Morgan fingerprint density at radius 2 is 2.06 bits per heavy atom. The van der Waals surface area contributed by atoms with E-state index in [1.165, 1.54) is 56.9 Å². The van der Waals surface area contributed by atoms with E-state index in [4.69, 9.17) is 0 Å². The minimum Gasteiger partial charge on any atom is -0.312 e. The number of nitrogens with zero attached hydrogens (tertiary/aromatic N) is 1. The first-order valence-corrected chi connectivity index (χ1v) is 8.44. The third-order valence-electron chi connectivity index (χ3n) is 4.17. The third-order valence-corrected chi connectivity index (χ3v) is 5.22. The summed E-state index contributed by atoms with van der Waals surface area (Å²) in [6.45, 7) is 9.82. The van der Waals surface area contributed by atoms with Crippen molar-refractivity contribution in [2.45, 2.75) is 39.2 Å². The van der Waals surface area contributed by atoms with Gasteiger partial charge in [-0.25, -0.2) is 0 Å². The molecule has 2 rings (SSSR count). The summed E-state index contributed by atoms with van der Waals surface area (Å²) < 4.78 is 0. The van der Waals surface area contributed by atoms with E-state index >= 15 is 0 Å². The van der Waals surface area contributed by atoms with Crippen molar-refractivity contribution in [3.8, 4) is 0 Å². The van der Waals surface area contributed by atoms with Gasteiger partial charge in [-0.2, -0.15) is 11.8 Å². The van der Waals surface area contributed by atoms with Crippen molar-refractivity contribution in [2.24, 2.45) is 11.8 Å². The maximum absolute atomic E-state index is 3.70. The van der Waals surface area contributed by atoms with Gasteiger partial charge in [0, 0.05) is 19.1 Å². The Morgan fingerprint density at radius 3 is 2.76 bits per heavy atom. The fourth-order valence-electron chi connectivity index (χ4n) is 2.93. The van der Waals surface area contributed by atoms with Gasteiger partial charge in [0.2, 0.25) is 0 Å². The van der Waals surface area contributed by atoms with E-state index in [0.29, 0.717) is 6.04 Å². The highest BCUT2D eigenvalue weighted by molar-refractivity contribution is 7.99. The molecule has 2 fully saturated rings. The molecule has 0 aliphatic carbocycles. The number of thioether (sulfide) groups is 1. The van der Waals surface area contributed by atoms with E-state index in [-0.39, 0.29) is 0 Å². The molecule has 1 unspecified atom stereocenters. The van der Waals surface area contributed by atoms with Crippen LogP contribution in [0.15, 0.2) is 0 Å². The molecule has 0 aromatic rings. The van der Waals surface area contributed by atoms with Crippen LogP contribution < -0.4 is 5.32 Å². The van der Waals surface area contributed by atoms with Gasteiger partial charge in [-0.15, -0.1) is 0 Å². The summed E-state index contributed by atoms with van der Waals surface area (Å²) in [7, 11) is 0. The Labute approximate surface area is 111 Å². The summed E-state index contributed by atoms with van der Waals surface area (Å²) in [5.41, 5.74) is 0. The van der Waals surface area contributed by atoms with Crippen LogP contribution >= 0.6 is 11.8 Å². The van der Waals surface area contributed by atoms with Crippen LogP contribution in [-0.2, 0) is 0 Å². The summed E-state index contributed by atoms with van der Waals surface area (Å²) in [4.78, 5) is 2.73. The average molecular weight is 256 g/mol. The molecule has 100 valence electrons. The van der Waals surface area contributed by atoms with Gasteiger partial charge in [0.1, 0.15) is 0 Å². The third kappa shape index (κ3) is 4.46. The maximum atomic E-state index is 3.70. The van der Waals surface area contributed by atoms with Gasteiger partial charge < -0.3 is 10.2 Å². The second-order valence-electron chi connectivity index (χ2n) is 5.97. The van der Waals surface area contributed by atoms with Gasteiger partial charge in [0.05, 0.1) is 0 Å².